The Hall–Kier alpha value is -2.83. The number of carbonyl (C=O) groups is 1. The number of phenolic OH excluding ortho intramolecular Hbond substituents is 1. The number of nitrogens with zero attached hydrogens (tertiary/aromatic N) is 1. The monoisotopic (exact) mass is 347 g/mol. The molecule has 2 aromatic rings. The third kappa shape index (κ3) is 2.56. The zero-order valence-electron chi connectivity index (χ0n) is 14.6. The number of hydrogen-bond acceptors (Lipinski definition) is 6. The van der Waals surface area contributed by atoms with Crippen LogP contribution in [0.15, 0.2) is 12.1 Å². The summed E-state index contributed by atoms with van der Waals surface area (Å²) in [4.78, 5) is 17.7. The molecule has 1 atom stereocenters. The topological polar surface area (TPSA) is 101 Å². The predicted molar refractivity (Wildman–Crippen MR) is 89.0 cm³/mol. The van der Waals surface area contributed by atoms with Crippen LogP contribution >= 0.6 is 0 Å². The van der Waals surface area contributed by atoms with Crippen LogP contribution in [0.5, 0.6) is 23.3 Å². The number of ether oxygens (including phenoxy) is 1. The van der Waals surface area contributed by atoms with Crippen molar-refractivity contribution in [2.24, 2.45) is 0 Å². The molecule has 25 heavy (non-hydrogen) atoms. The molecule has 3 rings (SSSR count). The number of fused-ring (bicyclic) bond motifs is 1. The lowest BCUT2D eigenvalue weighted by Crippen LogP contribution is -2.49. The molecule has 7 heteroatoms. The van der Waals surface area contributed by atoms with Crippen molar-refractivity contribution in [3.05, 3.63) is 34.4 Å². The van der Waals surface area contributed by atoms with Gasteiger partial charge >= 0.3 is 5.97 Å². The highest BCUT2D eigenvalue weighted by atomic mass is 16.7. The molecule has 0 fully saturated rings. The van der Waals surface area contributed by atoms with Crippen molar-refractivity contribution in [3.63, 3.8) is 0 Å². The maximum Gasteiger partial charge on any atom is 0.376 e. The third-order valence-corrected chi connectivity index (χ3v) is 4.92. The number of benzene rings is 1. The highest BCUT2D eigenvalue weighted by Crippen LogP contribution is 2.43. The Labute approximate surface area is 145 Å². The number of aromatic nitrogens is 1. The molecular weight excluding hydrogens is 326 g/mol. The van der Waals surface area contributed by atoms with Crippen LogP contribution in [0.25, 0.3) is 0 Å². The smallest absolute Gasteiger partial charge is 0.376 e. The van der Waals surface area contributed by atoms with Crippen LogP contribution < -0.4 is 9.57 Å². The third-order valence-electron chi connectivity index (χ3n) is 4.92. The molecule has 1 aromatic heterocycles. The molecule has 0 saturated carbocycles. The fourth-order valence-corrected chi connectivity index (χ4v) is 3.07. The highest BCUT2D eigenvalue weighted by Gasteiger charge is 2.43. The van der Waals surface area contributed by atoms with Gasteiger partial charge in [0.1, 0.15) is 11.5 Å². The van der Waals surface area contributed by atoms with Gasteiger partial charge in [0.15, 0.2) is 0 Å². The second kappa shape index (κ2) is 5.61. The van der Waals surface area contributed by atoms with E-state index in [1.54, 1.807) is 13.8 Å². The minimum Gasteiger partial charge on any atom is -0.507 e. The summed E-state index contributed by atoms with van der Waals surface area (Å²) in [6.45, 7) is 7.04. The van der Waals surface area contributed by atoms with Gasteiger partial charge in [0.2, 0.25) is 17.4 Å². The summed E-state index contributed by atoms with van der Waals surface area (Å²) in [6.07, 6.45) is 0.871. The minimum atomic E-state index is -1.28. The van der Waals surface area contributed by atoms with Crippen molar-refractivity contribution in [2.75, 3.05) is 0 Å². The summed E-state index contributed by atoms with van der Waals surface area (Å²) in [5, 5.41) is 29.5. The molecule has 134 valence electrons. The molecule has 0 spiro atoms. The highest BCUT2D eigenvalue weighted by molar-refractivity contribution is 5.81. The summed E-state index contributed by atoms with van der Waals surface area (Å²) in [7, 11) is 0. The Bertz CT molecular complexity index is 850. The van der Waals surface area contributed by atoms with E-state index in [0.29, 0.717) is 28.9 Å². The summed E-state index contributed by atoms with van der Waals surface area (Å²) in [5.41, 5.74) is 1.81. The van der Waals surface area contributed by atoms with Gasteiger partial charge in [0.05, 0.1) is 0 Å². The molecular formula is C18H21NO6. The first-order valence-electron chi connectivity index (χ1n) is 7.98. The van der Waals surface area contributed by atoms with E-state index in [0.717, 1.165) is 16.7 Å². The van der Waals surface area contributed by atoms with E-state index in [1.165, 1.54) is 12.1 Å². The first-order valence-corrected chi connectivity index (χ1v) is 7.98. The normalized spacial score (nSPS) is 19.2. The average molecular weight is 347 g/mol. The summed E-state index contributed by atoms with van der Waals surface area (Å²) in [6, 6.07) is 2.42. The van der Waals surface area contributed by atoms with E-state index >= 15 is 0 Å². The van der Waals surface area contributed by atoms with Gasteiger partial charge in [-0.2, -0.15) is 0 Å². The fraction of sp³-hybridized carbons (Fsp3) is 0.389. The van der Waals surface area contributed by atoms with Gasteiger partial charge in [-0.3, -0.25) is 0 Å². The number of hydrogen-bond donors (Lipinski definition) is 3. The molecule has 0 amide bonds. The summed E-state index contributed by atoms with van der Waals surface area (Å²) >= 11 is 0. The van der Waals surface area contributed by atoms with Crippen molar-refractivity contribution >= 4 is 5.97 Å². The maximum absolute atomic E-state index is 12.6. The van der Waals surface area contributed by atoms with Crippen molar-refractivity contribution < 1.29 is 29.7 Å². The standard InChI is InChI=1S/C18H21NO6/c1-9-10(2)16-12(11(3)15(9)22)7-8-18(4,24-16)17(23)25-19-13(20)5-6-14(19)21/h5-6,20-22H,7-8H2,1-4H3. The van der Waals surface area contributed by atoms with Gasteiger partial charge in [0.25, 0.3) is 0 Å². The first-order chi connectivity index (χ1) is 11.7. The Kier molecular flexibility index (Phi) is 3.82. The lowest BCUT2D eigenvalue weighted by Gasteiger charge is -2.35. The molecule has 7 nitrogen and oxygen atoms in total. The number of carbonyl (C=O) groups excluding carboxylic acids is 1. The Morgan fingerprint density at radius 1 is 1.12 bits per heavy atom. The average Bonchev–Trinajstić information content (AvgIpc) is 2.90. The van der Waals surface area contributed by atoms with Crippen molar-refractivity contribution in [2.45, 2.75) is 46.1 Å². The van der Waals surface area contributed by atoms with Crippen LogP contribution in [0.1, 0.15) is 35.6 Å². The quantitative estimate of drug-likeness (QED) is 0.770. The van der Waals surface area contributed by atoms with E-state index in [1.807, 2.05) is 13.8 Å². The van der Waals surface area contributed by atoms with E-state index in [4.69, 9.17) is 9.57 Å². The lowest BCUT2D eigenvalue weighted by molar-refractivity contribution is -0.164. The van der Waals surface area contributed by atoms with Crippen molar-refractivity contribution in [3.8, 4) is 23.3 Å². The summed E-state index contributed by atoms with van der Waals surface area (Å²) in [5.74, 6) is -0.702. The van der Waals surface area contributed by atoms with Crippen molar-refractivity contribution in [1.29, 1.82) is 0 Å². The molecule has 1 aromatic carbocycles. The molecule has 1 aliphatic rings. The van der Waals surface area contributed by atoms with Gasteiger partial charge in [-0.25, -0.2) is 4.79 Å². The molecule has 2 heterocycles. The van der Waals surface area contributed by atoms with Crippen LogP contribution in [0.3, 0.4) is 0 Å². The van der Waals surface area contributed by atoms with Gasteiger partial charge < -0.3 is 24.9 Å². The molecule has 0 radical (unpaired) electrons. The van der Waals surface area contributed by atoms with Gasteiger partial charge in [-0.1, -0.05) is 0 Å². The van der Waals surface area contributed by atoms with Crippen molar-refractivity contribution in [1.82, 2.24) is 4.73 Å². The van der Waals surface area contributed by atoms with E-state index in [2.05, 4.69) is 0 Å². The molecule has 0 bridgehead atoms. The molecule has 1 unspecified atom stereocenters. The predicted octanol–water partition coefficient (Wildman–Crippen LogP) is 2.27. The Morgan fingerprint density at radius 2 is 1.72 bits per heavy atom. The van der Waals surface area contributed by atoms with Crippen LogP contribution in [0, 0.1) is 20.8 Å². The molecule has 0 aliphatic carbocycles. The Balaban J connectivity index is 1.94. The first kappa shape index (κ1) is 17.0. The second-order valence-electron chi connectivity index (χ2n) is 6.59. The van der Waals surface area contributed by atoms with E-state index in [9.17, 15) is 20.1 Å². The largest absolute Gasteiger partial charge is 0.507 e. The number of rotatable bonds is 2. The molecule has 0 saturated heterocycles. The molecule has 3 N–H and O–H groups in total. The van der Waals surface area contributed by atoms with Gasteiger partial charge in [0, 0.05) is 24.1 Å². The number of phenols is 1. The lowest BCUT2D eigenvalue weighted by atomic mass is 9.87. The van der Waals surface area contributed by atoms with E-state index < -0.39 is 23.3 Å². The van der Waals surface area contributed by atoms with Crippen LogP contribution in [0.2, 0.25) is 0 Å². The van der Waals surface area contributed by atoms with E-state index in [-0.39, 0.29) is 5.75 Å². The molecule has 1 aliphatic heterocycles. The Morgan fingerprint density at radius 3 is 2.32 bits per heavy atom. The zero-order chi connectivity index (χ0) is 18.5. The summed E-state index contributed by atoms with van der Waals surface area (Å²) < 4.78 is 6.64. The van der Waals surface area contributed by atoms with Crippen LogP contribution in [-0.4, -0.2) is 31.6 Å². The minimum absolute atomic E-state index is 0.244. The zero-order valence-corrected chi connectivity index (χ0v) is 14.6. The second-order valence-corrected chi connectivity index (χ2v) is 6.59. The van der Waals surface area contributed by atoms with Crippen LogP contribution in [-0.2, 0) is 11.2 Å². The van der Waals surface area contributed by atoms with Gasteiger partial charge in [-0.05, 0) is 50.8 Å². The maximum atomic E-state index is 12.6. The van der Waals surface area contributed by atoms with Crippen LogP contribution in [0.4, 0.5) is 0 Å². The van der Waals surface area contributed by atoms with Gasteiger partial charge in [-0.15, -0.1) is 4.73 Å². The fourth-order valence-electron chi connectivity index (χ4n) is 3.07. The number of aromatic hydroxyl groups is 3. The SMILES string of the molecule is Cc1c(C)c2c(c(C)c1O)CCC(C)(C(=O)On1c(O)ccc1O)O2.